The summed E-state index contributed by atoms with van der Waals surface area (Å²) in [5.41, 5.74) is 2.38. The van der Waals surface area contributed by atoms with E-state index in [2.05, 4.69) is 55.4 Å². The van der Waals surface area contributed by atoms with Gasteiger partial charge in [0.05, 0.1) is 6.10 Å². The number of rotatable bonds is 2. The molecule has 0 aliphatic heterocycles. The van der Waals surface area contributed by atoms with Crippen LogP contribution in [0.3, 0.4) is 0 Å². The summed E-state index contributed by atoms with van der Waals surface area (Å²) in [6.45, 7) is 21.1. The summed E-state index contributed by atoms with van der Waals surface area (Å²) in [7, 11) is 1.96. The SMILES string of the molecule is COC1CC[C@@]2(C)C(CC[C@@]3(C)C4CC[C@@]5(C)CC[C@@H](C(C)C)C5C4CC[C@@]32C)C1(C)C. The molecule has 0 N–H and O–H groups in total. The molecule has 1 nitrogen and oxygen atoms in total. The normalized spacial score (nSPS) is 56.8. The highest BCUT2D eigenvalue weighted by Gasteiger charge is 2.71. The lowest BCUT2D eigenvalue weighted by Crippen LogP contribution is -2.68. The summed E-state index contributed by atoms with van der Waals surface area (Å²) >= 11 is 0. The standard InChI is InChI=1S/C31H54O/c1-20(2)21-10-15-28(5)16-12-23-22(26(21)28)11-19-31(8)29(23,6)17-13-24-27(3,4)25(32-9)14-18-30(24,31)7/h20-26H,10-19H2,1-9H3/t21-,22?,23?,24?,25?,26?,28+,29-,30-,31-/m0/s1. The molecule has 5 unspecified atom stereocenters. The third-order valence-corrected chi connectivity index (χ3v) is 14.2. The van der Waals surface area contributed by atoms with Gasteiger partial charge in [-0.25, -0.2) is 0 Å². The van der Waals surface area contributed by atoms with Gasteiger partial charge in [-0.15, -0.1) is 0 Å². The van der Waals surface area contributed by atoms with Crippen LogP contribution in [0.4, 0.5) is 0 Å². The van der Waals surface area contributed by atoms with Crippen LogP contribution in [-0.2, 0) is 4.74 Å². The van der Waals surface area contributed by atoms with E-state index in [1.54, 1.807) is 0 Å². The second-order valence-electron chi connectivity index (χ2n) is 15.3. The molecule has 0 aromatic rings. The molecular weight excluding hydrogens is 388 g/mol. The number of fused-ring (bicyclic) bond motifs is 7. The third-order valence-electron chi connectivity index (χ3n) is 14.2. The molecule has 184 valence electrons. The molecule has 0 spiro atoms. The zero-order valence-corrected chi connectivity index (χ0v) is 23.0. The molecule has 5 rings (SSSR count). The van der Waals surface area contributed by atoms with E-state index in [9.17, 15) is 0 Å². The molecule has 5 aliphatic rings. The fourth-order valence-corrected chi connectivity index (χ4v) is 12.1. The quantitative estimate of drug-likeness (QED) is 0.415. The Morgan fingerprint density at radius 2 is 1.38 bits per heavy atom. The van der Waals surface area contributed by atoms with Crippen LogP contribution < -0.4 is 0 Å². The smallest absolute Gasteiger partial charge is 0.0625 e. The molecule has 5 saturated carbocycles. The summed E-state index contributed by atoms with van der Waals surface area (Å²) in [6, 6.07) is 0. The zero-order chi connectivity index (χ0) is 23.3. The Hall–Kier alpha value is -0.0400. The van der Waals surface area contributed by atoms with Gasteiger partial charge in [0.1, 0.15) is 0 Å². The van der Waals surface area contributed by atoms with Gasteiger partial charge in [0.25, 0.3) is 0 Å². The lowest BCUT2D eigenvalue weighted by molar-refractivity contribution is -0.265. The van der Waals surface area contributed by atoms with Gasteiger partial charge in [-0.2, -0.15) is 0 Å². The zero-order valence-electron chi connectivity index (χ0n) is 23.0. The molecule has 0 aromatic heterocycles. The van der Waals surface area contributed by atoms with Crippen molar-refractivity contribution in [1.82, 2.24) is 0 Å². The average Bonchev–Trinajstić information content (AvgIpc) is 3.07. The van der Waals surface area contributed by atoms with Crippen molar-refractivity contribution in [3.8, 4) is 0 Å². The first kappa shape index (κ1) is 23.7. The van der Waals surface area contributed by atoms with Crippen LogP contribution >= 0.6 is 0 Å². The molecule has 32 heavy (non-hydrogen) atoms. The van der Waals surface area contributed by atoms with Crippen molar-refractivity contribution in [2.24, 2.45) is 62.6 Å². The Morgan fingerprint density at radius 3 is 2.03 bits per heavy atom. The highest BCUT2D eigenvalue weighted by Crippen LogP contribution is 2.78. The lowest BCUT2D eigenvalue weighted by Gasteiger charge is -2.74. The fraction of sp³-hybridized carbons (Fsp3) is 1.00. The van der Waals surface area contributed by atoms with Gasteiger partial charge in [0, 0.05) is 7.11 Å². The fourth-order valence-electron chi connectivity index (χ4n) is 12.1. The van der Waals surface area contributed by atoms with Crippen molar-refractivity contribution in [3.05, 3.63) is 0 Å². The molecule has 0 radical (unpaired) electrons. The Morgan fingerprint density at radius 1 is 0.719 bits per heavy atom. The maximum Gasteiger partial charge on any atom is 0.0625 e. The second-order valence-corrected chi connectivity index (χ2v) is 15.3. The Bertz CT molecular complexity index is 739. The van der Waals surface area contributed by atoms with Crippen LogP contribution in [0.25, 0.3) is 0 Å². The lowest BCUT2D eigenvalue weighted by atomic mass is 9.31. The van der Waals surface area contributed by atoms with Crippen molar-refractivity contribution in [2.75, 3.05) is 7.11 Å². The van der Waals surface area contributed by atoms with E-state index < -0.39 is 0 Å². The summed E-state index contributed by atoms with van der Waals surface area (Å²) in [5.74, 6) is 5.58. The number of hydrogen-bond acceptors (Lipinski definition) is 1. The van der Waals surface area contributed by atoms with Gasteiger partial charge in [-0.1, -0.05) is 55.4 Å². The molecule has 0 bridgehead atoms. The summed E-state index contributed by atoms with van der Waals surface area (Å²) < 4.78 is 6.07. The van der Waals surface area contributed by atoms with E-state index >= 15 is 0 Å². The average molecular weight is 443 g/mol. The minimum absolute atomic E-state index is 0.294. The molecule has 10 atom stereocenters. The number of hydrogen-bond donors (Lipinski definition) is 0. The molecule has 1 heteroatoms. The minimum atomic E-state index is 0.294. The first-order valence-electron chi connectivity index (χ1n) is 14.4. The van der Waals surface area contributed by atoms with Crippen LogP contribution in [0.2, 0.25) is 0 Å². The molecule has 0 aromatic carbocycles. The molecule has 5 aliphatic carbocycles. The van der Waals surface area contributed by atoms with Crippen molar-refractivity contribution >= 4 is 0 Å². The maximum absolute atomic E-state index is 6.07. The van der Waals surface area contributed by atoms with E-state index in [0.717, 1.165) is 35.5 Å². The predicted molar refractivity (Wildman–Crippen MR) is 135 cm³/mol. The molecular formula is C31H54O. The summed E-state index contributed by atoms with van der Waals surface area (Å²) in [6.07, 6.45) is 15.0. The Labute approximate surface area is 200 Å². The van der Waals surface area contributed by atoms with E-state index in [1.807, 2.05) is 7.11 Å². The number of ether oxygens (including phenoxy) is 1. The topological polar surface area (TPSA) is 9.23 Å². The third kappa shape index (κ3) is 2.73. The Kier molecular flexibility index (Phi) is 5.36. The van der Waals surface area contributed by atoms with Gasteiger partial charge in [0.2, 0.25) is 0 Å². The minimum Gasteiger partial charge on any atom is -0.381 e. The van der Waals surface area contributed by atoms with Gasteiger partial charge < -0.3 is 4.74 Å². The van der Waals surface area contributed by atoms with Gasteiger partial charge in [-0.3, -0.25) is 0 Å². The number of methoxy groups -OCH3 is 1. The van der Waals surface area contributed by atoms with Crippen molar-refractivity contribution in [3.63, 3.8) is 0 Å². The summed E-state index contributed by atoms with van der Waals surface area (Å²) in [4.78, 5) is 0. The van der Waals surface area contributed by atoms with Crippen molar-refractivity contribution in [1.29, 1.82) is 0 Å². The van der Waals surface area contributed by atoms with Crippen LogP contribution in [-0.4, -0.2) is 13.2 Å². The van der Waals surface area contributed by atoms with Gasteiger partial charge in [0.15, 0.2) is 0 Å². The highest BCUT2D eigenvalue weighted by atomic mass is 16.5. The highest BCUT2D eigenvalue weighted by molar-refractivity contribution is 5.20. The van der Waals surface area contributed by atoms with Gasteiger partial charge in [-0.05, 0) is 127 Å². The molecule has 0 saturated heterocycles. The molecule has 0 amide bonds. The largest absolute Gasteiger partial charge is 0.381 e. The maximum atomic E-state index is 6.07. The van der Waals surface area contributed by atoms with Gasteiger partial charge >= 0.3 is 0 Å². The first-order chi connectivity index (χ1) is 14.9. The van der Waals surface area contributed by atoms with Crippen molar-refractivity contribution < 1.29 is 4.74 Å². The van der Waals surface area contributed by atoms with Crippen LogP contribution in [0.5, 0.6) is 0 Å². The van der Waals surface area contributed by atoms with Crippen LogP contribution in [0, 0.1) is 62.6 Å². The first-order valence-corrected chi connectivity index (χ1v) is 14.4. The molecule has 0 heterocycles. The second kappa shape index (κ2) is 7.24. The monoisotopic (exact) mass is 442 g/mol. The Balaban J connectivity index is 1.52. The molecule has 5 fully saturated rings. The summed E-state index contributed by atoms with van der Waals surface area (Å²) in [5, 5.41) is 0. The van der Waals surface area contributed by atoms with E-state index in [0.29, 0.717) is 33.2 Å². The van der Waals surface area contributed by atoms with Crippen LogP contribution in [0.1, 0.15) is 120 Å². The van der Waals surface area contributed by atoms with Crippen molar-refractivity contribution in [2.45, 2.75) is 126 Å². The predicted octanol–water partition coefficient (Wildman–Crippen LogP) is 8.76. The van der Waals surface area contributed by atoms with Crippen LogP contribution in [0.15, 0.2) is 0 Å². The van der Waals surface area contributed by atoms with E-state index in [4.69, 9.17) is 4.74 Å². The van der Waals surface area contributed by atoms with E-state index in [1.165, 1.54) is 64.2 Å². The van der Waals surface area contributed by atoms with E-state index in [-0.39, 0.29) is 0 Å².